The summed E-state index contributed by atoms with van der Waals surface area (Å²) in [5, 5.41) is 0. The largest absolute Gasteiger partial charge is 0.462 e. The number of carbonyl (C=O) groups is 2. The molecule has 0 aliphatic carbocycles. The van der Waals surface area contributed by atoms with Crippen molar-refractivity contribution < 1.29 is 19.1 Å². The molecule has 0 atom stereocenters. The number of hydrogen-bond acceptors (Lipinski definition) is 4. The van der Waals surface area contributed by atoms with Crippen LogP contribution in [-0.4, -0.2) is 18.5 Å². The minimum atomic E-state index is -0.400. The number of carbonyl (C=O) groups excluding carboxylic acids is 2. The summed E-state index contributed by atoms with van der Waals surface area (Å²) in [6.45, 7) is 9.40. The highest BCUT2D eigenvalue weighted by Gasteiger charge is 2.09. The van der Waals surface area contributed by atoms with Gasteiger partial charge < -0.3 is 9.47 Å². The van der Waals surface area contributed by atoms with Gasteiger partial charge in [-0.2, -0.15) is 0 Å². The lowest BCUT2D eigenvalue weighted by Crippen LogP contribution is -2.10. The van der Waals surface area contributed by atoms with Gasteiger partial charge in [0.25, 0.3) is 0 Å². The molecule has 0 heterocycles. The first-order valence-corrected chi connectivity index (χ1v) is 8.08. The lowest BCUT2D eigenvalue weighted by molar-refractivity contribution is -0.138. The molecule has 2 rings (SSSR count). The summed E-state index contributed by atoms with van der Waals surface area (Å²) < 4.78 is 10.5. The summed E-state index contributed by atoms with van der Waals surface area (Å²) in [6, 6.07) is 12.6. The summed E-state index contributed by atoms with van der Waals surface area (Å²) >= 11 is 0. The Hall–Kier alpha value is -2.88. The molecule has 4 nitrogen and oxygen atoms in total. The lowest BCUT2D eigenvalue weighted by Gasteiger charge is -2.08. The van der Waals surface area contributed by atoms with Crippen LogP contribution in [0.4, 0.5) is 0 Å². The smallest absolute Gasteiger partial charge is 0.343 e. The van der Waals surface area contributed by atoms with Crippen molar-refractivity contribution in [2.24, 2.45) is 0 Å². The second-order valence-corrected chi connectivity index (χ2v) is 6.00. The average Bonchev–Trinajstić information content (AvgIpc) is 2.58. The number of benzene rings is 2. The Balaban J connectivity index is 1.92. The first-order chi connectivity index (χ1) is 11.9. The fourth-order valence-corrected chi connectivity index (χ4v) is 2.14. The molecule has 0 unspecified atom stereocenters. The minimum absolute atomic E-state index is 0.276. The van der Waals surface area contributed by atoms with E-state index in [1.807, 2.05) is 38.1 Å². The predicted octanol–water partition coefficient (Wildman–Crippen LogP) is 4.18. The molecule has 0 aromatic heterocycles. The molecular weight excluding hydrogens is 316 g/mol. The maximum atomic E-state index is 12.2. The zero-order valence-electron chi connectivity index (χ0n) is 14.8. The molecule has 0 bridgehead atoms. The quantitative estimate of drug-likeness (QED) is 0.450. The van der Waals surface area contributed by atoms with E-state index in [0.717, 1.165) is 16.7 Å². The van der Waals surface area contributed by atoms with Gasteiger partial charge in [-0.3, -0.25) is 0 Å². The summed E-state index contributed by atoms with van der Waals surface area (Å²) in [4.78, 5) is 23.5. The standard InChI is InChI=1S/C21H22O4/c1-14(2)20(22)24-12-11-17-6-8-18(9-7-17)21(23)25-19-10-5-15(3)16(4)13-19/h5-10,13H,1,11-12H2,2-4H3. The van der Waals surface area contributed by atoms with Crippen molar-refractivity contribution in [2.75, 3.05) is 6.61 Å². The molecule has 4 heteroatoms. The average molecular weight is 338 g/mol. The molecule has 0 spiro atoms. The SMILES string of the molecule is C=C(C)C(=O)OCCc1ccc(C(=O)Oc2ccc(C)c(C)c2)cc1. The maximum absolute atomic E-state index is 12.2. The van der Waals surface area contributed by atoms with Gasteiger partial charge in [0, 0.05) is 12.0 Å². The highest BCUT2D eigenvalue weighted by atomic mass is 16.5. The summed E-state index contributed by atoms with van der Waals surface area (Å²) in [5.74, 6) is -0.263. The molecule has 25 heavy (non-hydrogen) atoms. The third-order valence-corrected chi connectivity index (χ3v) is 3.85. The van der Waals surface area contributed by atoms with Crippen LogP contribution in [0.3, 0.4) is 0 Å². The first-order valence-electron chi connectivity index (χ1n) is 8.08. The van der Waals surface area contributed by atoms with Gasteiger partial charge in [0.15, 0.2) is 0 Å². The number of rotatable bonds is 6. The molecule has 0 amide bonds. The van der Waals surface area contributed by atoms with Crippen molar-refractivity contribution in [2.45, 2.75) is 27.2 Å². The fourth-order valence-electron chi connectivity index (χ4n) is 2.14. The molecule has 2 aromatic carbocycles. The van der Waals surface area contributed by atoms with Crippen molar-refractivity contribution in [3.63, 3.8) is 0 Å². The number of ether oxygens (including phenoxy) is 2. The molecule has 0 aliphatic heterocycles. The Morgan fingerprint density at radius 2 is 1.68 bits per heavy atom. The van der Waals surface area contributed by atoms with E-state index in [0.29, 0.717) is 23.3 Å². The van der Waals surface area contributed by atoms with Crippen molar-refractivity contribution in [1.29, 1.82) is 0 Å². The number of esters is 2. The second-order valence-electron chi connectivity index (χ2n) is 6.00. The molecular formula is C21H22O4. The molecule has 130 valence electrons. The predicted molar refractivity (Wildman–Crippen MR) is 96.8 cm³/mol. The maximum Gasteiger partial charge on any atom is 0.343 e. The van der Waals surface area contributed by atoms with Crippen molar-refractivity contribution in [1.82, 2.24) is 0 Å². The van der Waals surface area contributed by atoms with Gasteiger partial charge in [0.2, 0.25) is 0 Å². The molecule has 0 aliphatic rings. The van der Waals surface area contributed by atoms with Gasteiger partial charge in [0.05, 0.1) is 12.2 Å². The molecule has 0 fully saturated rings. The van der Waals surface area contributed by atoms with E-state index in [-0.39, 0.29) is 6.61 Å². The van der Waals surface area contributed by atoms with Crippen LogP contribution < -0.4 is 4.74 Å². The lowest BCUT2D eigenvalue weighted by atomic mass is 10.1. The van der Waals surface area contributed by atoms with Crippen LogP contribution in [0.25, 0.3) is 0 Å². The Bertz CT molecular complexity index is 788. The minimum Gasteiger partial charge on any atom is -0.462 e. The van der Waals surface area contributed by atoms with Crippen LogP contribution in [-0.2, 0) is 16.0 Å². The van der Waals surface area contributed by atoms with E-state index in [4.69, 9.17) is 9.47 Å². The molecule has 0 saturated carbocycles. The molecule has 0 saturated heterocycles. The summed E-state index contributed by atoms with van der Waals surface area (Å²) in [5.41, 5.74) is 4.05. The van der Waals surface area contributed by atoms with Crippen LogP contribution in [0.5, 0.6) is 5.75 Å². The van der Waals surface area contributed by atoms with Gasteiger partial charge in [-0.1, -0.05) is 24.8 Å². The van der Waals surface area contributed by atoms with E-state index in [1.54, 1.807) is 25.1 Å². The fraction of sp³-hybridized carbons (Fsp3) is 0.238. The Labute approximate surface area is 148 Å². The van der Waals surface area contributed by atoms with Gasteiger partial charge >= 0.3 is 11.9 Å². The topological polar surface area (TPSA) is 52.6 Å². The van der Waals surface area contributed by atoms with Crippen LogP contribution in [0.2, 0.25) is 0 Å². The van der Waals surface area contributed by atoms with Gasteiger partial charge in [0.1, 0.15) is 5.75 Å². The van der Waals surface area contributed by atoms with Crippen LogP contribution >= 0.6 is 0 Å². The zero-order valence-corrected chi connectivity index (χ0v) is 14.8. The van der Waals surface area contributed by atoms with Crippen LogP contribution in [0, 0.1) is 13.8 Å². The van der Waals surface area contributed by atoms with Crippen molar-refractivity contribution in [3.05, 3.63) is 76.9 Å². The van der Waals surface area contributed by atoms with E-state index < -0.39 is 11.9 Å². The third-order valence-electron chi connectivity index (χ3n) is 3.85. The normalized spacial score (nSPS) is 10.2. The Morgan fingerprint density at radius 1 is 1.00 bits per heavy atom. The molecule has 0 radical (unpaired) electrons. The third kappa shape index (κ3) is 5.31. The van der Waals surface area contributed by atoms with Gasteiger partial charge in [-0.15, -0.1) is 0 Å². The highest BCUT2D eigenvalue weighted by Crippen LogP contribution is 2.18. The number of hydrogen-bond donors (Lipinski definition) is 0. The van der Waals surface area contributed by atoms with E-state index in [2.05, 4.69) is 6.58 Å². The zero-order chi connectivity index (χ0) is 18.4. The first kappa shape index (κ1) is 18.5. The summed E-state index contributed by atoms with van der Waals surface area (Å²) in [7, 11) is 0. The second kappa shape index (κ2) is 8.29. The molecule has 2 aromatic rings. The number of aryl methyl sites for hydroxylation is 2. The highest BCUT2D eigenvalue weighted by molar-refractivity contribution is 5.91. The van der Waals surface area contributed by atoms with E-state index in [9.17, 15) is 9.59 Å². The summed E-state index contributed by atoms with van der Waals surface area (Å²) in [6.07, 6.45) is 0.575. The molecule has 0 N–H and O–H groups in total. The van der Waals surface area contributed by atoms with Crippen LogP contribution in [0.1, 0.15) is 34.0 Å². The van der Waals surface area contributed by atoms with E-state index >= 15 is 0 Å². The van der Waals surface area contributed by atoms with E-state index in [1.165, 1.54) is 0 Å². The monoisotopic (exact) mass is 338 g/mol. The van der Waals surface area contributed by atoms with Crippen molar-refractivity contribution in [3.8, 4) is 5.75 Å². The van der Waals surface area contributed by atoms with Crippen LogP contribution in [0.15, 0.2) is 54.6 Å². The van der Waals surface area contributed by atoms with Gasteiger partial charge in [-0.25, -0.2) is 9.59 Å². The Kier molecular flexibility index (Phi) is 6.12. The van der Waals surface area contributed by atoms with Gasteiger partial charge in [-0.05, 0) is 61.7 Å². The Morgan fingerprint density at radius 3 is 2.28 bits per heavy atom. The van der Waals surface area contributed by atoms with Crippen molar-refractivity contribution >= 4 is 11.9 Å².